The molecule has 2 aliphatic rings. The molecule has 0 radical (unpaired) electrons. The van der Waals surface area contributed by atoms with E-state index in [1.807, 2.05) is 18.2 Å². The van der Waals surface area contributed by atoms with E-state index in [0.29, 0.717) is 12.0 Å². The van der Waals surface area contributed by atoms with Crippen LogP contribution in [0.3, 0.4) is 0 Å². The molecule has 0 bridgehead atoms. The molecule has 2 atom stereocenters. The van der Waals surface area contributed by atoms with Crippen molar-refractivity contribution in [3.63, 3.8) is 0 Å². The zero-order chi connectivity index (χ0) is 14.8. The largest absolute Gasteiger partial charge is 0.481 e. The van der Waals surface area contributed by atoms with E-state index < -0.39 is 11.9 Å². The summed E-state index contributed by atoms with van der Waals surface area (Å²) in [6, 6.07) is 5.72. The zero-order valence-corrected chi connectivity index (χ0v) is 11.8. The second-order valence-corrected chi connectivity index (χ2v) is 5.84. The minimum absolute atomic E-state index is 0.121. The summed E-state index contributed by atoms with van der Waals surface area (Å²) in [6.07, 6.45) is 8.41. The first kappa shape index (κ1) is 13.9. The highest BCUT2D eigenvalue weighted by atomic mass is 16.4. The summed E-state index contributed by atoms with van der Waals surface area (Å²) in [5, 5.41) is 11.8. The van der Waals surface area contributed by atoms with Gasteiger partial charge in [0.15, 0.2) is 0 Å². The van der Waals surface area contributed by atoms with Gasteiger partial charge in [-0.15, -0.1) is 0 Å². The predicted octanol–water partition coefficient (Wildman–Crippen LogP) is 2.32. The summed E-state index contributed by atoms with van der Waals surface area (Å²) >= 11 is 0. The topological polar surface area (TPSA) is 66.4 Å². The summed E-state index contributed by atoms with van der Waals surface area (Å²) < 4.78 is 0. The first-order valence-electron chi connectivity index (χ1n) is 7.47. The van der Waals surface area contributed by atoms with Crippen LogP contribution in [-0.2, 0) is 17.6 Å². The molecule has 0 fully saturated rings. The van der Waals surface area contributed by atoms with E-state index in [4.69, 9.17) is 5.11 Å². The average molecular weight is 285 g/mol. The van der Waals surface area contributed by atoms with Gasteiger partial charge < -0.3 is 10.4 Å². The van der Waals surface area contributed by atoms with Crippen molar-refractivity contribution in [3.8, 4) is 0 Å². The summed E-state index contributed by atoms with van der Waals surface area (Å²) in [5.74, 6) is -1.44. The number of carboxylic acid groups (broad SMARTS) is 1. The quantitative estimate of drug-likeness (QED) is 0.838. The zero-order valence-electron chi connectivity index (χ0n) is 11.8. The molecule has 1 aromatic rings. The number of aliphatic carboxylic acids is 1. The van der Waals surface area contributed by atoms with Crippen LogP contribution in [0.25, 0.3) is 0 Å². The third-order valence-corrected chi connectivity index (χ3v) is 4.33. The molecule has 0 aromatic heterocycles. The second-order valence-electron chi connectivity index (χ2n) is 5.84. The third-order valence-electron chi connectivity index (χ3n) is 4.33. The van der Waals surface area contributed by atoms with Gasteiger partial charge in [0.1, 0.15) is 0 Å². The summed E-state index contributed by atoms with van der Waals surface area (Å²) in [7, 11) is 0. The van der Waals surface area contributed by atoms with Crippen LogP contribution >= 0.6 is 0 Å². The molecule has 2 N–H and O–H groups in total. The fraction of sp³-hybridized carbons (Fsp3) is 0.412. The van der Waals surface area contributed by atoms with Crippen LogP contribution in [0.15, 0.2) is 30.4 Å². The fourth-order valence-electron chi connectivity index (χ4n) is 3.12. The highest BCUT2D eigenvalue weighted by Crippen LogP contribution is 2.23. The molecular formula is C17H19NO3. The average Bonchev–Trinajstić information content (AvgIpc) is 2.95. The van der Waals surface area contributed by atoms with Crippen LogP contribution in [0, 0.1) is 5.92 Å². The van der Waals surface area contributed by atoms with Gasteiger partial charge in [0.25, 0.3) is 5.91 Å². The number of carboxylic acids is 1. The van der Waals surface area contributed by atoms with Crippen LogP contribution in [0.2, 0.25) is 0 Å². The van der Waals surface area contributed by atoms with E-state index in [1.54, 1.807) is 12.2 Å². The number of fused-ring (bicyclic) bond motifs is 1. The number of carbonyl (C=O) groups excluding carboxylic acids is 1. The number of hydrogen-bond acceptors (Lipinski definition) is 2. The second kappa shape index (κ2) is 5.72. The van der Waals surface area contributed by atoms with E-state index in [9.17, 15) is 9.59 Å². The lowest BCUT2D eigenvalue weighted by Gasteiger charge is -2.17. The number of aryl methyl sites for hydroxylation is 2. The molecule has 4 heteroatoms. The Labute approximate surface area is 123 Å². The Morgan fingerprint density at radius 2 is 1.86 bits per heavy atom. The van der Waals surface area contributed by atoms with Crippen molar-refractivity contribution in [1.29, 1.82) is 0 Å². The molecule has 110 valence electrons. The van der Waals surface area contributed by atoms with Gasteiger partial charge in [-0.05, 0) is 55.4 Å². The summed E-state index contributed by atoms with van der Waals surface area (Å²) in [4.78, 5) is 23.2. The molecule has 4 nitrogen and oxygen atoms in total. The molecule has 21 heavy (non-hydrogen) atoms. The van der Waals surface area contributed by atoms with Crippen molar-refractivity contribution in [2.45, 2.75) is 38.1 Å². The van der Waals surface area contributed by atoms with Gasteiger partial charge in [0.2, 0.25) is 0 Å². The predicted molar refractivity (Wildman–Crippen MR) is 79.2 cm³/mol. The Bertz CT molecular complexity index is 606. The first-order chi connectivity index (χ1) is 10.1. The van der Waals surface area contributed by atoms with Crippen LogP contribution < -0.4 is 5.32 Å². The van der Waals surface area contributed by atoms with Gasteiger partial charge in [0, 0.05) is 11.6 Å². The summed E-state index contributed by atoms with van der Waals surface area (Å²) in [5.41, 5.74) is 3.30. The lowest BCUT2D eigenvalue weighted by atomic mass is 9.90. The molecule has 1 amide bonds. The number of benzene rings is 1. The maximum Gasteiger partial charge on any atom is 0.310 e. The van der Waals surface area contributed by atoms with E-state index in [2.05, 4.69) is 5.32 Å². The number of hydrogen-bond donors (Lipinski definition) is 2. The number of rotatable bonds is 3. The Balaban J connectivity index is 1.66. The van der Waals surface area contributed by atoms with E-state index in [1.165, 1.54) is 24.0 Å². The smallest absolute Gasteiger partial charge is 0.310 e. The van der Waals surface area contributed by atoms with Crippen LogP contribution in [0.4, 0.5) is 0 Å². The molecule has 0 heterocycles. The lowest BCUT2D eigenvalue weighted by Crippen LogP contribution is -2.33. The van der Waals surface area contributed by atoms with Gasteiger partial charge in [-0.3, -0.25) is 9.59 Å². The number of nitrogens with one attached hydrogen (secondary N) is 1. The minimum Gasteiger partial charge on any atom is -0.481 e. The maximum absolute atomic E-state index is 12.3. The molecular weight excluding hydrogens is 266 g/mol. The molecule has 2 aliphatic carbocycles. The first-order valence-corrected chi connectivity index (χ1v) is 7.47. The van der Waals surface area contributed by atoms with Crippen LogP contribution in [0.1, 0.15) is 40.7 Å². The normalized spacial score (nSPS) is 23.6. The van der Waals surface area contributed by atoms with Gasteiger partial charge >= 0.3 is 5.97 Å². The van der Waals surface area contributed by atoms with Crippen molar-refractivity contribution in [1.82, 2.24) is 5.32 Å². The monoisotopic (exact) mass is 285 g/mol. The Morgan fingerprint density at radius 1 is 1.10 bits per heavy atom. The number of carbonyl (C=O) groups is 2. The van der Waals surface area contributed by atoms with Gasteiger partial charge in [0.05, 0.1) is 5.92 Å². The van der Waals surface area contributed by atoms with Gasteiger partial charge in [-0.25, -0.2) is 0 Å². The molecule has 3 rings (SSSR count). The SMILES string of the molecule is O=C(NC1C=CC(C(=O)O)C1)c1ccc2c(c1)CCCC2. The molecule has 1 aromatic carbocycles. The number of amides is 1. The molecule has 0 aliphatic heterocycles. The van der Waals surface area contributed by atoms with Crippen LogP contribution in [0.5, 0.6) is 0 Å². The van der Waals surface area contributed by atoms with Crippen molar-refractivity contribution in [2.24, 2.45) is 5.92 Å². The lowest BCUT2D eigenvalue weighted by molar-refractivity contribution is -0.140. The van der Waals surface area contributed by atoms with Crippen molar-refractivity contribution < 1.29 is 14.7 Å². The highest BCUT2D eigenvalue weighted by molar-refractivity contribution is 5.95. The minimum atomic E-state index is -0.836. The fourth-order valence-corrected chi connectivity index (χ4v) is 3.12. The Hall–Kier alpha value is -2.10. The maximum atomic E-state index is 12.3. The molecule has 2 unspecified atom stereocenters. The van der Waals surface area contributed by atoms with Gasteiger partial charge in [-0.1, -0.05) is 18.2 Å². The third kappa shape index (κ3) is 2.99. The van der Waals surface area contributed by atoms with Crippen molar-refractivity contribution in [3.05, 3.63) is 47.0 Å². The van der Waals surface area contributed by atoms with E-state index >= 15 is 0 Å². The summed E-state index contributed by atoms with van der Waals surface area (Å²) in [6.45, 7) is 0. The Morgan fingerprint density at radius 3 is 2.57 bits per heavy atom. The molecule has 0 saturated heterocycles. The Kier molecular flexibility index (Phi) is 3.78. The highest BCUT2D eigenvalue weighted by Gasteiger charge is 2.25. The van der Waals surface area contributed by atoms with E-state index in [-0.39, 0.29) is 11.9 Å². The van der Waals surface area contributed by atoms with Gasteiger partial charge in [-0.2, -0.15) is 0 Å². The molecule has 0 spiro atoms. The molecule has 0 saturated carbocycles. The van der Waals surface area contributed by atoms with E-state index in [0.717, 1.165) is 12.8 Å². The standard InChI is InChI=1S/C17H19NO3/c19-16(18-15-8-7-14(10-15)17(20)21)13-6-5-11-3-1-2-4-12(11)9-13/h5-9,14-15H,1-4,10H2,(H,18,19)(H,20,21). The van der Waals surface area contributed by atoms with Crippen LogP contribution in [-0.4, -0.2) is 23.0 Å². The van der Waals surface area contributed by atoms with Crippen molar-refractivity contribution in [2.75, 3.05) is 0 Å². The van der Waals surface area contributed by atoms with Crippen molar-refractivity contribution >= 4 is 11.9 Å².